The molecule has 0 aliphatic rings. The molecular weight excluding hydrogens is 264 g/mol. The third kappa shape index (κ3) is 3.20. The number of esters is 1. The number of hydrogen-bond donors (Lipinski definition) is 1. The number of benzene rings is 1. The molecule has 0 saturated heterocycles. The Morgan fingerprint density at radius 2 is 2.32 bits per heavy atom. The van der Waals surface area contributed by atoms with Gasteiger partial charge < -0.3 is 14.9 Å². The number of thioether (sulfide) groups is 1. The van der Waals surface area contributed by atoms with Gasteiger partial charge in [-0.2, -0.15) is 0 Å². The summed E-state index contributed by atoms with van der Waals surface area (Å²) in [4.78, 5) is 16.0. The van der Waals surface area contributed by atoms with E-state index < -0.39 is 0 Å². The molecule has 0 spiro atoms. The van der Waals surface area contributed by atoms with Crippen LogP contribution in [0, 0.1) is 0 Å². The standard InChI is InChI=1S/C13H16N2O3S/c1-3-11(12(16)17-4-2)19-13-15-9-6-5-8(14)7-10(9)18-13/h5-7,11H,3-4,14H2,1-2H3. The quantitative estimate of drug-likeness (QED) is 0.515. The molecular formula is C13H16N2O3S. The molecule has 2 N–H and O–H groups in total. The Hall–Kier alpha value is -1.69. The van der Waals surface area contributed by atoms with Gasteiger partial charge in [-0.1, -0.05) is 18.7 Å². The molecule has 0 aliphatic carbocycles. The summed E-state index contributed by atoms with van der Waals surface area (Å²) < 4.78 is 10.6. The van der Waals surface area contributed by atoms with Crippen molar-refractivity contribution >= 4 is 34.5 Å². The van der Waals surface area contributed by atoms with Crippen molar-refractivity contribution in [1.29, 1.82) is 0 Å². The minimum atomic E-state index is -0.301. The number of carbonyl (C=O) groups excluding carboxylic acids is 1. The topological polar surface area (TPSA) is 78.3 Å². The highest BCUT2D eigenvalue weighted by Gasteiger charge is 2.22. The largest absolute Gasteiger partial charge is 0.465 e. The number of nitrogen functional groups attached to an aromatic ring is 1. The third-order valence-corrected chi connectivity index (χ3v) is 3.74. The van der Waals surface area contributed by atoms with Gasteiger partial charge in [0.25, 0.3) is 5.22 Å². The van der Waals surface area contributed by atoms with Gasteiger partial charge in [0, 0.05) is 11.8 Å². The van der Waals surface area contributed by atoms with Crippen molar-refractivity contribution in [1.82, 2.24) is 4.98 Å². The van der Waals surface area contributed by atoms with Crippen molar-refractivity contribution in [2.75, 3.05) is 12.3 Å². The summed E-state index contributed by atoms with van der Waals surface area (Å²) in [6.07, 6.45) is 0.657. The van der Waals surface area contributed by atoms with E-state index in [1.165, 1.54) is 11.8 Å². The van der Waals surface area contributed by atoms with Crippen molar-refractivity contribution in [2.24, 2.45) is 0 Å². The van der Waals surface area contributed by atoms with Gasteiger partial charge in [-0.15, -0.1) is 0 Å². The van der Waals surface area contributed by atoms with Crippen molar-refractivity contribution in [2.45, 2.75) is 30.7 Å². The van der Waals surface area contributed by atoms with E-state index in [0.29, 0.717) is 29.5 Å². The first-order valence-corrected chi connectivity index (χ1v) is 7.01. The monoisotopic (exact) mass is 280 g/mol. The fourth-order valence-corrected chi connectivity index (χ4v) is 2.49. The number of hydrogen-bond acceptors (Lipinski definition) is 6. The first kappa shape index (κ1) is 13.7. The molecule has 1 atom stereocenters. The molecule has 1 aromatic carbocycles. The van der Waals surface area contributed by atoms with Crippen LogP contribution in [0.1, 0.15) is 20.3 Å². The zero-order chi connectivity index (χ0) is 13.8. The summed E-state index contributed by atoms with van der Waals surface area (Å²) in [5.74, 6) is -0.239. The minimum Gasteiger partial charge on any atom is -0.465 e. The van der Waals surface area contributed by atoms with Gasteiger partial charge in [-0.05, 0) is 25.5 Å². The van der Waals surface area contributed by atoms with Crippen molar-refractivity contribution in [3.8, 4) is 0 Å². The zero-order valence-corrected chi connectivity index (χ0v) is 11.7. The molecule has 1 aromatic heterocycles. The average molecular weight is 280 g/mol. The van der Waals surface area contributed by atoms with E-state index in [1.54, 1.807) is 25.1 Å². The Labute approximate surface area is 115 Å². The minimum absolute atomic E-state index is 0.239. The van der Waals surface area contributed by atoms with Crippen LogP contribution in [-0.4, -0.2) is 22.8 Å². The second-order valence-corrected chi connectivity index (χ2v) is 5.13. The van der Waals surface area contributed by atoms with Crippen LogP contribution >= 0.6 is 11.8 Å². The predicted molar refractivity (Wildman–Crippen MR) is 75.0 cm³/mol. The number of nitrogens with two attached hydrogens (primary N) is 1. The summed E-state index contributed by atoms with van der Waals surface area (Å²) in [6.45, 7) is 4.09. The van der Waals surface area contributed by atoms with E-state index in [1.807, 2.05) is 6.92 Å². The Bertz CT molecular complexity index is 582. The van der Waals surface area contributed by atoms with Crippen LogP contribution in [0.3, 0.4) is 0 Å². The Morgan fingerprint density at radius 1 is 1.53 bits per heavy atom. The lowest BCUT2D eigenvalue weighted by atomic mass is 10.3. The Morgan fingerprint density at radius 3 is 3.00 bits per heavy atom. The second kappa shape index (κ2) is 5.97. The Balaban J connectivity index is 2.17. The maximum Gasteiger partial charge on any atom is 0.319 e. The fraction of sp³-hybridized carbons (Fsp3) is 0.385. The van der Waals surface area contributed by atoms with Crippen LogP contribution in [0.5, 0.6) is 0 Å². The van der Waals surface area contributed by atoms with E-state index in [-0.39, 0.29) is 11.2 Å². The van der Waals surface area contributed by atoms with Crippen LogP contribution in [0.2, 0.25) is 0 Å². The summed E-state index contributed by atoms with van der Waals surface area (Å²) in [5.41, 5.74) is 7.66. The first-order valence-electron chi connectivity index (χ1n) is 6.13. The molecule has 1 unspecified atom stereocenters. The molecule has 0 saturated carbocycles. The highest BCUT2D eigenvalue weighted by molar-refractivity contribution is 8.00. The zero-order valence-electron chi connectivity index (χ0n) is 10.9. The fourth-order valence-electron chi connectivity index (χ4n) is 1.63. The van der Waals surface area contributed by atoms with E-state index in [2.05, 4.69) is 4.98 Å². The van der Waals surface area contributed by atoms with Gasteiger partial charge in [0.2, 0.25) is 0 Å². The van der Waals surface area contributed by atoms with Crippen LogP contribution in [0.4, 0.5) is 5.69 Å². The highest BCUT2D eigenvalue weighted by Crippen LogP contribution is 2.29. The van der Waals surface area contributed by atoms with Crippen LogP contribution < -0.4 is 5.73 Å². The molecule has 5 nitrogen and oxygen atoms in total. The molecule has 2 rings (SSSR count). The van der Waals surface area contributed by atoms with Crippen LogP contribution in [0.15, 0.2) is 27.8 Å². The molecule has 0 fully saturated rings. The van der Waals surface area contributed by atoms with Gasteiger partial charge in [0.15, 0.2) is 5.58 Å². The molecule has 102 valence electrons. The normalized spacial score (nSPS) is 12.5. The first-order chi connectivity index (χ1) is 9.13. The SMILES string of the molecule is CCOC(=O)C(CC)Sc1nc2ccc(N)cc2o1. The number of anilines is 1. The number of ether oxygens (including phenoxy) is 1. The molecule has 0 amide bonds. The summed E-state index contributed by atoms with van der Waals surface area (Å²) >= 11 is 1.28. The van der Waals surface area contributed by atoms with Crippen molar-refractivity contribution in [3.05, 3.63) is 18.2 Å². The summed E-state index contributed by atoms with van der Waals surface area (Å²) in [5, 5.41) is 0.158. The maximum atomic E-state index is 11.7. The number of oxazole rings is 1. The lowest BCUT2D eigenvalue weighted by molar-refractivity contribution is -0.142. The molecule has 1 heterocycles. The third-order valence-electron chi connectivity index (χ3n) is 2.56. The summed E-state index contributed by atoms with van der Waals surface area (Å²) in [6, 6.07) is 5.28. The van der Waals surface area contributed by atoms with Gasteiger partial charge in [-0.3, -0.25) is 4.79 Å². The molecule has 0 radical (unpaired) electrons. The molecule has 2 aromatic rings. The molecule has 6 heteroatoms. The molecule has 19 heavy (non-hydrogen) atoms. The van der Waals surface area contributed by atoms with Crippen molar-refractivity contribution in [3.63, 3.8) is 0 Å². The van der Waals surface area contributed by atoms with Crippen molar-refractivity contribution < 1.29 is 13.9 Å². The van der Waals surface area contributed by atoms with Crippen LogP contribution in [0.25, 0.3) is 11.1 Å². The van der Waals surface area contributed by atoms with E-state index in [0.717, 1.165) is 5.52 Å². The molecule has 0 aliphatic heterocycles. The van der Waals surface area contributed by atoms with Gasteiger partial charge in [-0.25, -0.2) is 4.98 Å². The number of aromatic nitrogens is 1. The van der Waals surface area contributed by atoms with Gasteiger partial charge in [0.1, 0.15) is 10.8 Å². The summed E-state index contributed by atoms with van der Waals surface area (Å²) in [7, 11) is 0. The van der Waals surface area contributed by atoms with E-state index >= 15 is 0 Å². The molecule has 0 bridgehead atoms. The van der Waals surface area contributed by atoms with E-state index in [4.69, 9.17) is 14.9 Å². The maximum absolute atomic E-state index is 11.7. The van der Waals surface area contributed by atoms with Crippen LogP contribution in [-0.2, 0) is 9.53 Å². The van der Waals surface area contributed by atoms with Gasteiger partial charge in [0.05, 0.1) is 6.61 Å². The lowest BCUT2D eigenvalue weighted by Crippen LogP contribution is -2.19. The van der Waals surface area contributed by atoms with Gasteiger partial charge >= 0.3 is 5.97 Å². The number of carbonyl (C=O) groups is 1. The smallest absolute Gasteiger partial charge is 0.319 e. The lowest BCUT2D eigenvalue weighted by Gasteiger charge is -2.10. The Kier molecular flexibility index (Phi) is 4.31. The predicted octanol–water partition coefficient (Wildman–Crippen LogP) is 2.84. The average Bonchev–Trinajstić information content (AvgIpc) is 2.77. The number of nitrogens with zero attached hydrogens (tertiary/aromatic N) is 1. The van der Waals surface area contributed by atoms with E-state index in [9.17, 15) is 4.79 Å². The highest BCUT2D eigenvalue weighted by atomic mass is 32.2. The number of rotatable bonds is 5. The number of fused-ring (bicyclic) bond motifs is 1. The second-order valence-electron chi connectivity index (χ2n) is 3.97.